The molecule has 0 aromatic heterocycles. The normalized spacial score (nSPS) is 12.6. The van der Waals surface area contributed by atoms with Gasteiger partial charge in [-0.1, -0.05) is 190 Å². The van der Waals surface area contributed by atoms with Crippen molar-refractivity contribution in [3.05, 3.63) is 72.9 Å². The minimum atomic E-state index is -0.792. The Kier molecular flexibility index (Phi) is 46.9. The molecule has 0 spiro atoms. The fourth-order valence-electron chi connectivity index (χ4n) is 6.82. The van der Waals surface area contributed by atoms with Crippen molar-refractivity contribution in [3.63, 3.8) is 0 Å². The van der Waals surface area contributed by atoms with Crippen LogP contribution in [-0.4, -0.2) is 37.2 Å². The topological polar surface area (TPSA) is 78.9 Å². The van der Waals surface area contributed by atoms with E-state index >= 15 is 0 Å². The first-order valence-corrected chi connectivity index (χ1v) is 25.4. The number of ether oxygens (including phenoxy) is 3. The van der Waals surface area contributed by atoms with Crippen molar-refractivity contribution in [2.24, 2.45) is 0 Å². The standard InChI is InChI=1S/C55H94O6/c1-4-7-10-13-16-19-22-24-26-27-29-31-34-36-39-42-45-48-54(57)60-51-52(61-55(58)49-46-43-40-37-32-21-18-15-12-9-6-3)50-59-53(56)47-44-41-38-35-33-30-28-25-23-20-17-14-11-8-5-2/h7,10,15-16,18-19,24-26,28-29,31,52H,4-6,8-9,11-14,17,20-23,27,30,32-51H2,1-3H3/b10-7-,18-15-,19-16-,26-24-,28-25-,31-29-/t52-/m0/s1. The van der Waals surface area contributed by atoms with Crippen molar-refractivity contribution in [1.29, 1.82) is 0 Å². The van der Waals surface area contributed by atoms with E-state index in [4.69, 9.17) is 14.2 Å². The molecule has 61 heavy (non-hydrogen) atoms. The van der Waals surface area contributed by atoms with Gasteiger partial charge in [0.25, 0.3) is 0 Å². The largest absolute Gasteiger partial charge is 0.462 e. The molecule has 0 radical (unpaired) electrons. The lowest BCUT2D eigenvalue weighted by atomic mass is 10.1. The number of hydrogen-bond acceptors (Lipinski definition) is 6. The Morgan fingerprint density at radius 2 is 0.656 bits per heavy atom. The monoisotopic (exact) mass is 851 g/mol. The molecule has 0 unspecified atom stereocenters. The maximum Gasteiger partial charge on any atom is 0.306 e. The van der Waals surface area contributed by atoms with Gasteiger partial charge in [-0.2, -0.15) is 0 Å². The molecule has 6 nitrogen and oxygen atoms in total. The average Bonchev–Trinajstić information content (AvgIpc) is 3.26. The Hall–Kier alpha value is -3.15. The maximum absolute atomic E-state index is 12.7. The first-order valence-electron chi connectivity index (χ1n) is 25.4. The van der Waals surface area contributed by atoms with E-state index < -0.39 is 6.10 Å². The van der Waals surface area contributed by atoms with Crippen LogP contribution in [0, 0.1) is 0 Å². The molecular weight excluding hydrogens is 757 g/mol. The first-order chi connectivity index (χ1) is 30.0. The fraction of sp³-hybridized carbons (Fsp3) is 0.727. The van der Waals surface area contributed by atoms with Crippen LogP contribution in [0.4, 0.5) is 0 Å². The summed E-state index contributed by atoms with van der Waals surface area (Å²) in [5, 5.41) is 0. The molecule has 0 aromatic rings. The van der Waals surface area contributed by atoms with E-state index in [1.807, 2.05) is 0 Å². The molecule has 0 fully saturated rings. The lowest BCUT2D eigenvalue weighted by Gasteiger charge is -2.18. The first kappa shape index (κ1) is 57.9. The SMILES string of the molecule is CC/C=C\C/C=C\C/C=C\C/C=C\CCCCCCC(=O)OC[C@H](COC(=O)CCCCCCC/C=C\CCCCCCCC)OC(=O)CCCCCCC/C=C\CCCC. The van der Waals surface area contributed by atoms with Crippen LogP contribution in [0.15, 0.2) is 72.9 Å². The second-order valence-electron chi connectivity index (χ2n) is 16.7. The molecular formula is C55H94O6. The number of rotatable bonds is 45. The number of esters is 3. The molecule has 0 saturated heterocycles. The van der Waals surface area contributed by atoms with E-state index in [2.05, 4.69) is 93.7 Å². The van der Waals surface area contributed by atoms with Gasteiger partial charge >= 0.3 is 17.9 Å². The molecule has 0 rings (SSSR count). The molecule has 0 saturated carbocycles. The van der Waals surface area contributed by atoms with E-state index in [9.17, 15) is 14.4 Å². The van der Waals surface area contributed by atoms with Crippen molar-refractivity contribution in [2.75, 3.05) is 13.2 Å². The highest BCUT2D eigenvalue weighted by atomic mass is 16.6. The Labute approximate surface area is 376 Å². The van der Waals surface area contributed by atoms with Crippen molar-refractivity contribution >= 4 is 17.9 Å². The van der Waals surface area contributed by atoms with Crippen molar-refractivity contribution in [1.82, 2.24) is 0 Å². The predicted octanol–water partition coefficient (Wildman–Crippen LogP) is 16.6. The number of carbonyl (C=O) groups is 3. The smallest absolute Gasteiger partial charge is 0.306 e. The molecule has 0 amide bonds. The van der Waals surface area contributed by atoms with Gasteiger partial charge < -0.3 is 14.2 Å². The van der Waals surface area contributed by atoms with Crippen molar-refractivity contribution < 1.29 is 28.6 Å². The van der Waals surface area contributed by atoms with Crippen LogP contribution in [0.25, 0.3) is 0 Å². The second-order valence-corrected chi connectivity index (χ2v) is 16.7. The summed E-state index contributed by atoms with van der Waals surface area (Å²) >= 11 is 0. The van der Waals surface area contributed by atoms with Gasteiger partial charge in [0, 0.05) is 19.3 Å². The van der Waals surface area contributed by atoms with Crippen LogP contribution in [-0.2, 0) is 28.6 Å². The Morgan fingerprint density at radius 3 is 1.07 bits per heavy atom. The quantitative estimate of drug-likeness (QED) is 0.0263. The fourth-order valence-corrected chi connectivity index (χ4v) is 6.82. The summed E-state index contributed by atoms with van der Waals surface area (Å²) in [6.45, 7) is 6.44. The van der Waals surface area contributed by atoms with Gasteiger partial charge in [-0.15, -0.1) is 0 Å². The molecule has 0 bridgehead atoms. The molecule has 6 heteroatoms. The van der Waals surface area contributed by atoms with Gasteiger partial charge in [-0.05, 0) is 103 Å². The van der Waals surface area contributed by atoms with Crippen LogP contribution < -0.4 is 0 Å². The third-order valence-corrected chi connectivity index (χ3v) is 10.7. The number of allylic oxidation sites excluding steroid dienone is 12. The van der Waals surface area contributed by atoms with Crippen molar-refractivity contribution in [2.45, 2.75) is 245 Å². The second kappa shape index (κ2) is 49.5. The van der Waals surface area contributed by atoms with Crippen LogP contribution in [0.5, 0.6) is 0 Å². The summed E-state index contributed by atoms with van der Waals surface area (Å²) in [4.78, 5) is 37.9. The summed E-state index contributed by atoms with van der Waals surface area (Å²) < 4.78 is 16.7. The highest BCUT2D eigenvalue weighted by molar-refractivity contribution is 5.71. The van der Waals surface area contributed by atoms with Crippen LogP contribution >= 0.6 is 0 Å². The Morgan fingerprint density at radius 1 is 0.344 bits per heavy atom. The molecule has 0 aliphatic carbocycles. The Bertz CT molecular complexity index is 1160. The van der Waals surface area contributed by atoms with E-state index in [-0.39, 0.29) is 31.1 Å². The predicted molar refractivity (Wildman–Crippen MR) is 261 cm³/mol. The average molecular weight is 851 g/mol. The molecule has 0 aliphatic rings. The number of carbonyl (C=O) groups excluding carboxylic acids is 3. The molecule has 0 N–H and O–H groups in total. The minimum absolute atomic E-state index is 0.0913. The third-order valence-electron chi connectivity index (χ3n) is 10.7. The van der Waals surface area contributed by atoms with E-state index in [1.54, 1.807) is 0 Å². The number of hydrogen-bond donors (Lipinski definition) is 0. The zero-order chi connectivity index (χ0) is 44.4. The summed E-state index contributed by atoms with van der Waals surface area (Å²) in [6, 6.07) is 0. The Balaban J connectivity index is 4.42. The summed E-state index contributed by atoms with van der Waals surface area (Å²) in [6.07, 6.45) is 61.7. The van der Waals surface area contributed by atoms with Crippen LogP contribution in [0.2, 0.25) is 0 Å². The highest BCUT2D eigenvalue weighted by Crippen LogP contribution is 2.13. The van der Waals surface area contributed by atoms with Crippen molar-refractivity contribution in [3.8, 4) is 0 Å². The number of unbranched alkanes of at least 4 members (excludes halogenated alkanes) is 22. The lowest BCUT2D eigenvalue weighted by Crippen LogP contribution is -2.30. The van der Waals surface area contributed by atoms with E-state index in [0.29, 0.717) is 19.3 Å². The maximum atomic E-state index is 12.7. The molecule has 350 valence electrons. The third kappa shape index (κ3) is 47.7. The van der Waals surface area contributed by atoms with E-state index in [0.717, 1.165) is 116 Å². The van der Waals surface area contributed by atoms with Crippen LogP contribution in [0.3, 0.4) is 0 Å². The summed E-state index contributed by atoms with van der Waals surface area (Å²) in [5.74, 6) is -0.934. The lowest BCUT2D eigenvalue weighted by molar-refractivity contribution is -0.167. The summed E-state index contributed by atoms with van der Waals surface area (Å²) in [5.41, 5.74) is 0. The summed E-state index contributed by atoms with van der Waals surface area (Å²) in [7, 11) is 0. The van der Waals surface area contributed by atoms with Gasteiger partial charge in [0.05, 0.1) is 0 Å². The van der Waals surface area contributed by atoms with Gasteiger partial charge in [0.15, 0.2) is 6.10 Å². The van der Waals surface area contributed by atoms with Crippen LogP contribution in [0.1, 0.15) is 239 Å². The minimum Gasteiger partial charge on any atom is -0.462 e. The molecule has 0 aromatic carbocycles. The van der Waals surface area contributed by atoms with Gasteiger partial charge in [-0.25, -0.2) is 0 Å². The molecule has 0 aliphatic heterocycles. The molecule has 0 heterocycles. The zero-order valence-corrected chi connectivity index (χ0v) is 39.9. The molecule has 1 atom stereocenters. The van der Waals surface area contributed by atoms with E-state index in [1.165, 1.54) is 83.5 Å². The zero-order valence-electron chi connectivity index (χ0n) is 39.9. The van der Waals surface area contributed by atoms with Gasteiger partial charge in [-0.3, -0.25) is 14.4 Å². The van der Waals surface area contributed by atoms with Gasteiger partial charge in [0.1, 0.15) is 13.2 Å². The highest BCUT2D eigenvalue weighted by Gasteiger charge is 2.19. The van der Waals surface area contributed by atoms with Gasteiger partial charge in [0.2, 0.25) is 0 Å².